The number of hydrogen-bond acceptors (Lipinski definition) is 5. The van der Waals surface area contributed by atoms with E-state index >= 15 is 0 Å². The number of aryl methyl sites for hydroxylation is 1. The van der Waals surface area contributed by atoms with Crippen molar-refractivity contribution in [2.24, 2.45) is 0 Å². The number of benzene rings is 1. The van der Waals surface area contributed by atoms with E-state index < -0.39 is 0 Å². The molecule has 2 unspecified atom stereocenters. The largest absolute Gasteiger partial charge is 0.399 e. The number of rotatable bonds is 3. The summed E-state index contributed by atoms with van der Waals surface area (Å²) in [6.45, 7) is 13.6. The van der Waals surface area contributed by atoms with Crippen LogP contribution in [0.25, 0.3) is 0 Å². The maximum atomic E-state index is 5.52. The van der Waals surface area contributed by atoms with Crippen LogP contribution in [0.5, 0.6) is 0 Å². The summed E-state index contributed by atoms with van der Waals surface area (Å²) in [6.07, 6.45) is 3.42. The van der Waals surface area contributed by atoms with Crippen molar-refractivity contribution in [1.82, 2.24) is 5.32 Å². The van der Waals surface area contributed by atoms with Crippen molar-refractivity contribution in [3.05, 3.63) is 54.6 Å². The summed E-state index contributed by atoms with van der Waals surface area (Å²) < 4.78 is 2.98. The number of nitrogens with two attached hydrogens (primary N) is 1. The zero-order valence-corrected chi connectivity index (χ0v) is 18.1. The summed E-state index contributed by atoms with van der Waals surface area (Å²) in [5.74, 6) is 0. The first-order valence-electron chi connectivity index (χ1n) is 8.44. The number of para-hydroxylation sites is 1. The van der Waals surface area contributed by atoms with Crippen LogP contribution in [-0.4, -0.2) is 18.1 Å². The molecule has 0 saturated heterocycles. The van der Waals surface area contributed by atoms with E-state index in [1.807, 2.05) is 66.0 Å². The Balaban J connectivity index is 0.000000264. The topological polar surface area (TPSA) is 38.0 Å². The van der Waals surface area contributed by atoms with E-state index in [2.05, 4.69) is 44.6 Å². The molecule has 1 aromatic heterocycles. The molecule has 0 saturated carbocycles. The molecule has 3 N–H and O–H groups in total. The molecule has 0 bridgehead atoms. The molecular formula is C20H30N2S3. The van der Waals surface area contributed by atoms with Gasteiger partial charge in [-0.15, -0.1) is 48.0 Å². The Hall–Kier alpha value is -0.880. The van der Waals surface area contributed by atoms with Gasteiger partial charge in [0.1, 0.15) is 0 Å². The number of thioether (sulfide) groups is 2. The summed E-state index contributed by atoms with van der Waals surface area (Å²) in [7, 11) is 0. The van der Waals surface area contributed by atoms with Crippen molar-refractivity contribution >= 4 is 40.5 Å². The van der Waals surface area contributed by atoms with Gasteiger partial charge in [0.05, 0.1) is 8.42 Å². The second kappa shape index (κ2) is 11.7. The molecule has 138 valence electrons. The number of fused-ring (bicyclic) bond motifs is 1. The van der Waals surface area contributed by atoms with Crippen molar-refractivity contribution < 1.29 is 0 Å². The van der Waals surface area contributed by atoms with E-state index in [4.69, 9.17) is 5.73 Å². The smallest absolute Gasteiger partial charge is 0.0661 e. The zero-order valence-electron chi connectivity index (χ0n) is 15.7. The van der Waals surface area contributed by atoms with Crippen molar-refractivity contribution in [3.8, 4) is 0 Å². The standard InChI is InChI=1S/C11H17NS3.C7H9N.C2H4/c1-4-12-9-5-7(2)14-11-8(9)6-10(13-3)15-11;1-6-4-2-3-5-7(6)8;1-2/h6-7,9,12H,4-5H2,1-3H3;2-5H,8H2,1H3;1-2H2. The molecule has 1 aliphatic heterocycles. The second-order valence-corrected chi connectivity index (χ2v) is 9.51. The molecule has 3 rings (SSSR count). The van der Waals surface area contributed by atoms with Crippen LogP contribution in [0, 0.1) is 6.92 Å². The van der Waals surface area contributed by atoms with E-state index in [1.54, 1.807) is 0 Å². The Morgan fingerprint density at radius 2 is 2.00 bits per heavy atom. The first-order valence-corrected chi connectivity index (χ1v) is 11.4. The summed E-state index contributed by atoms with van der Waals surface area (Å²) in [6, 6.07) is 10.8. The maximum Gasteiger partial charge on any atom is 0.0661 e. The van der Waals surface area contributed by atoms with Gasteiger partial charge in [-0.05, 0) is 49.4 Å². The van der Waals surface area contributed by atoms with Crippen molar-refractivity contribution in [1.29, 1.82) is 0 Å². The maximum absolute atomic E-state index is 5.52. The third kappa shape index (κ3) is 6.74. The van der Waals surface area contributed by atoms with E-state index in [0.29, 0.717) is 6.04 Å². The summed E-state index contributed by atoms with van der Waals surface area (Å²) in [4.78, 5) is 0. The van der Waals surface area contributed by atoms with Crippen molar-refractivity contribution in [3.63, 3.8) is 0 Å². The van der Waals surface area contributed by atoms with Crippen LogP contribution >= 0.6 is 34.9 Å². The van der Waals surface area contributed by atoms with Gasteiger partial charge in [0.15, 0.2) is 0 Å². The Bertz CT molecular complexity index is 619. The molecule has 2 atom stereocenters. The average molecular weight is 395 g/mol. The lowest BCUT2D eigenvalue weighted by Gasteiger charge is -2.27. The van der Waals surface area contributed by atoms with Gasteiger partial charge in [-0.25, -0.2) is 0 Å². The highest BCUT2D eigenvalue weighted by molar-refractivity contribution is 8.03. The van der Waals surface area contributed by atoms with Gasteiger partial charge in [0.25, 0.3) is 0 Å². The number of thiophene rings is 1. The second-order valence-electron chi connectivity index (χ2n) is 5.64. The molecule has 2 nitrogen and oxygen atoms in total. The number of nitrogens with one attached hydrogen (secondary N) is 1. The SMILES string of the molecule is C=C.CCNC1CC(C)Sc2sc(SC)cc21.Cc1ccccc1N. The normalized spacial score (nSPS) is 18.2. The zero-order chi connectivity index (χ0) is 18.8. The van der Waals surface area contributed by atoms with Crippen molar-refractivity contribution in [2.75, 3.05) is 18.5 Å². The fourth-order valence-corrected chi connectivity index (χ4v) is 6.14. The molecule has 0 radical (unpaired) electrons. The molecule has 25 heavy (non-hydrogen) atoms. The lowest BCUT2D eigenvalue weighted by Crippen LogP contribution is -2.25. The van der Waals surface area contributed by atoms with Gasteiger partial charge >= 0.3 is 0 Å². The Kier molecular flexibility index (Phi) is 10.4. The first-order chi connectivity index (χ1) is 12.0. The van der Waals surface area contributed by atoms with Crippen LogP contribution in [0.2, 0.25) is 0 Å². The quantitative estimate of drug-likeness (QED) is 0.360. The summed E-state index contributed by atoms with van der Waals surface area (Å²) >= 11 is 5.86. The highest BCUT2D eigenvalue weighted by Gasteiger charge is 2.26. The number of nitrogen functional groups attached to an aromatic ring is 1. The first kappa shape index (κ1) is 22.2. The van der Waals surface area contributed by atoms with E-state index in [-0.39, 0.29) is 0 Å². The van der Waals surface area contributed by atoms with E-state index in [9.17, 15) is 0 Å². The average Bonchev–Trinajstić information content (AvgIpc) is 3.03. The minimum absolute atomic E-state index is 0.582. The molecule has 1 aliphatic rings. The van der Waals surface area contributed by atoms with Crippen molar-refractivity contribution in [2.45, 2.75) is 46.9 Å². The molecule has 0 aliphatic carbocycles. The number of hydrogen-bond donors (Lipinski definition) is 2. The van der Waals surface area contributed by atoms with Gasteiger partial charge in [0.2, 0.25) is 0 Å². The number of anilines is 1. The highest BCUT2D eigenvalue weighted by Crippen LogP contribution is 2.47. The molecule has 5 heteroatoms. The lowest BCUT2D eigenvalue weighted by molar-refractivity contribution is 0.503. The fourth-order valence-electron chi connectivity index (χ4n) is 2.52. The van der Waals surface area contributed by atoms with Crippen LogP contribution in [-0.2, 0) is 0 Å². The molecule has 0 spiro atoms. The van der Waals surface area contributed by atoms with Crippen LogP contribution in [0.3, 0.4) is 0 Å². The summed E-state index contributed by atoms with van der Waals surface area (Å²) in [5.41, 5.74) is 9.07. The predicted molar refractivity (Wildman–Crippen MR) is 119 cm³/mol. The van der Waals surface area contributed by atoms with Gasteiger partial charge in [0, 0.05) is 17.0 Å². The molecule has 0 amide bonds. The van der Waals surface area contributed by atoms with Crippen LogP contribution in [0.4, 0.5) is 5.69 Å². The molecule has 0 fully saturated rings. The Morgan fingerprint density at radius 3 is 2.52 bits per heavy atom. The Morgan fingerprint density at radius 1 is 1.32 bits per heavy atom. The fraction of sp³-hybridized carbons (Fsp3) is 0.400. The summed E-state index contributed by atoms with van der Waals surface area (Å²) in [5, 5.41) is 4.34. The van der Waals surface area contributed by atoms with E-state index in [0.717, 1.165) is 23.0 Å². The van der Waals surface area contributed by atoms with Crippen LogP contribution in [0.15, 0.2) is 51.9 Å². The van der Waals surface area contributed by atoms with Gasteiger partial charge in [-0.1, -0.05) is 32.0 Å². The highest BCUT2D eigenvalue weighted by atomic mass is 32.2. The third-order valence-electron chi connectivity index (χ3n) is 3.79. The van der Waals surface area contributed by atoms with Gasteiger partial charge in [-0.3, -0.25) is 0 Å². The van der Waals surface area contributed by atoms with Gasteiger partial charge in [-0.2, -0.15) is 0 Å². The Labute approximate surface area is 165 Å². The monoisotopic (exact) mass is 394 g/mol. The third-order valence-corrected chi connectivity index (χ3v) is 7.39. The molecule has 2 aromatic rings. The molecular weight excluding hydrogens is 364 g/mol. The van der Waals surface area contributed by atoms with E-state index in [1.165, 1.54) is 20.4 Å². The lowest BCUT2D eigenvalue weighted by atomic mass is 10.1. The van der Waals surface area contributed by atoms with Crippen LogP contribution in [0.1, 0.15) is 37.4 Å². The molecule has 2 heterocycles. The minimum atomic E-state index is 0.582. The van der Waals surface area contributed by atoms with Crippen LogP contribution < -0.4 is 11.1 Å². The minimum Gasteiger partial charge on any atom is -0.399 e. The van der Waals surface area contributed by atoms with Gasteiger partial charge < -0.3 is 11.1 Å². The molecule has 1 aromatic carbocycles. The predicted octanol–water partition coefficient (Wildman–Crippen LogP) is 6.38.